The SMILES string of the molecule is COc1ccc(N2C(=O)C3C(C2=O)[C@@H]2C[C@H]3C3Sc4[nH]c(=O)sc4C(c4ccccc4)C32)cc1. The summed E-state index contributed by atoms with van der Waals surface area (Å²) >= 11 is 3.01. The molecule has 172 valence electrons. The monoisotopic (exact) mass is 490 g/mol. The largest absolute Gasteiger partial charge is 0.497 e. The minimum atomic E-state index is -0.287. The van der Waals surface area contributed by atoms with Crippen LogP contribution in [0.25, 0.3) is 0 Å². The molecule has 0 radical (unpaired) electrons. The predicted octanol–water partition coefficient (Wildman–Crippen LogP) is 4.12. The number of nitrogens with one attached hydrogen (secondary N) is 1. The summed E-state index contributed by atoms with van der Waals surface area (Å²) in [5.41, 5.74) is 1.80. The first-order valence-electron chi connectivity index (χ1n) is 11.5. The highest BCUT2D eigenvalue weighted by molar-refractivity contribution is 8.00. The molecule has 3 heterocycles. The van der Waals surface area contributed by atoms with Crippen LogP contribution in [0.5, 0.6) is 5.75 Å². The Labute approximate surface area is 204 Å². The van der Waals surface area contributed by atoms with Crippen LogP contribution in [0, 0.1) is 29.6 Å². The normalized spacial score (nSPS) is 33.1. The van der Waals surface area contributed by atoms with Crippen LogP contribution in [0.15, 0.2) is 64.4 Å². The number of carbonyl (C=O) groups is 2. The minimum absolute atomic E-state index is 0.0382. The minimum Gasteiger partial charge on any atom is -0.497 e. The van der Waals surface area contributed by atoms with Gasteiger partial charge in [-0.2, -0.15) is 0 Å². The van der Waals surface area contributed by atoms with Gasteiger partial charge in [0.1, 0.15) is 5.75 Å². The lowest BCUT2D eigenvalue weighted by atomic mass is 9.68. The molecule has 7 rings (SSSR count). The number of imide groups is 1. The molecule has 5 unspecified atom stereocenters. The fraction of sp³-hybridized carbons (Fsp3) is 0.346. The summed E-state index contributed by atoms with van der Waals surface area (Å²) in [4.78, 5) is 45.1. The number of benzene rings is 2. The molecule has 34 heavy (non-hydrogen) atoms. The number of methoxy groups -OCH3 is 1. The highest BCUT2D eigenvalue weighted by Crippen LogP contribution is 2.68. The van der Waals surface area contributed by atoms with Gasteiger partial charge in [0.25, 0.3) is 0 Å². The molecule has 0 spiro atoms. The second kappa shape index (κ2) is 7.33. The highest BCUT2D eigenvalue weighted by atomic mass is 32.2. The predicted molar refractivity (Wildman–Crippen MR) is 130 cm³/mol. The Kier molecular flexibility index (Phi) is 4.42. The third kappa shape index (κ3) is 2.66. The van der Waals surface area contributed by atoms with Gasteiger partial charge in [0.05, 0.1) is 29.7 Å². The molecule has 4 aliphatic rings. The Balaban J connectivity index is 1.30. The number of thiazole rings is 1. The molecular weight excluding hydrogens is 468 g/mol. The van der Waals surface area contributed by atoms with Crippen LogP contribution in [0.2, 0.25) is 0 Å². The average molecular weight is 491 g/mol. The molecule has 1 aromatic heterocycles. The maximum atomic E-state index is 13.7. The van der Waals surface area contributed by atoms with E-state index in [0.29, 0.717) is 11.4 Å². The fourth-order valence-corrected chi connectivity index (χ4v) is 9.93. The van der Waals surface area contributed by atoms with Crippen molar-refractivity contribution >= 4 is 40.6 Å². The van der Waals surface area contributed by atoms with E-state index < -0.39 is 0 Å². The van der Waals surface area contributed by atoms with Crippen LogP contribution in [-0.4, -0.2) is 29.2 Å². The third-order valence-corrected chi connectivity index (χ3v) is 10.8. The second-order valence-corrected chi connectivity index (χ2v) is 11.8. The number of aromatic amines is 1. The van der Waals surface area contributed by atoms with Gasteiger partial charge < -0.3 is 9.72 Å². The molecule has 8 heteroatoms. The summed E-state index contributed by atoms with van der Waals surface area (Å²) in [6.07, 6.45) is 0.897. The number of hydrogen-bond donors (Lipinski definition) is 1. The lowest BCUT2D eigenvalue weighted by molar-refractivity contribution is -0.123. The summed E-state index contributed by atoms with van der Waals surface area (Å²) in [5, 5.41) is 1.15. The van der Waals surface area contributed by atoms with Gasteiger partial charge in [-0.3, -0.25) is 19.3 Å². The number of rotatable bonds is 3. The molecule has 2 bridgehead atoms. The molecule has 1 N–H and O–H groups in total. The van der Waals surface area contributed by atoms with E-state index in [1.807, 2.05) is 18.2 Å². The molecule has 7 atom stereocenters. The highest BCUT2D eigenvalue weighted by Gasteiger charge is 2.69. The smallest absolute Gasteiger partial charge is 0.305 e. The zero-order valence-corrected chi connectivity index (χ0v) is 20.0. The summed E-state index contributed by atoms with van der Waals surface area (Å²) < 4.78 is 5.24. The summed E-state index contributed by atoms with van der Waals surface area (Å²) in [6.45, 7) is 0. The molecular formula is C26H22N2O4S2. The van der Waals surface area contributed by atoms with E-state index in [2.05, 4.69) is 17.1 Å². The third-order valence-electron chi connectivity index (χ3n) is 8.21. The van der Waals surface area contributed by atoms with Crippen molar-refractivity contribution in [2.24, 2.45) is 29.6 Å². The fourth-order valence-electron chi connectivity index (χ4n) is 7.04. The molecule has 2 saturated carbocycles. The van der Waals surface area contributed by atoms with Gasteiger partial charge in [0.15, 0.2) is 0 Å². The number of aromatic nitrogens is 1. The van der Waals surface area contributed by atoms with E-state index in [4.69, 9.17) is 4.74 Å². The number of ether oxygens (including phenoxy) is 1. The van der Waals surface area contributed by atoms with E-state index in [-0.39, 0.29) is 57.4 Å². The molecule has 3 aromatic rings. The topological polar surface area (TPSA) is 79.5 Å². The van der Waals surface area contributed by atoms with Gasteiger partial charge in [-0.25, -0.2) is 0 Å². The maximum absolute atomic E-state index is 13.7. The Morgan fingerprint density at radius 2 is 1.65 bits per heavy atom. The van der Waals surface area contributed by atoms with Gasteiger partial charge in [0, 0.05) is 16.0 Å². The number of hydrogen-bond acceptors (Lipinski definition) is 6. The van der Waals surface area contributed by atoms with Gasteiger partial charge in [-0.15, -0.1) is 11.8 Å². The average Bonchev–Trinajstić information content (AvgIpc) is 3.58. The molecule has 6 nitrogen and oxygen atoms in total. The van der Waals surface area contributed by atoms with Crippen molar-refractivity contribution in [1.82, 2.24) is 4.98 Å². The first kappa shape index (κ1) is 20.5. The summed E-state index contributed by atoms with van der Waals surface area (Å²) in [5.74, 6) is 0.530. The van der Waals surface area contributed by atoms with E-state index in [9.17, 15) is 14.4 Å². The second-order valence-electron chi connectivity index (χ2n) is 9.58. The van der Waals surface area contributed by atoms with Crippen molar-refractivity contribution in [1.29, 1.82) is 0 Å². The number of thioether (sulfide) groups is 1. The lowest BCUT2D eigenvalue weighted by Crippen LogP contribution is -2.42. The zero-order chi connectivity index (χ0) is 23.1. The quantitative estimate of drug-likeness (QED) is 0.559. The van der Waals surface area contributed by atoms with Gasteiger partial charge in [-0.05, 0) is 54.0 Å². The van der Waals surface area contributed by atoms with Crippen LogP contribution >= 0.6 is 23.1 Å². The van der Waals surface area contributed by atoms with Crippen LogP contribution < -0.4 is 14.5 Å². The molecule has 2 aliphatic heterocycles. The molecule has 2 amide bonds. The van der Waals surface area contributed by atoms with Crippen LogP contribution in [0.3, 0.4) is 0 Å². The standard InChI is InChI=1S/C26H22N2O4S2/c1-32-14-9-7-13(8-10-14)28-24(29)19-15-11-16(20(19)25(28)30)21-18(15)17(12-5-3-2-4-6-12)22-23(33-21)27-26(31)34-22/h2-10,15-21H,11H2,1H3,(H,27,31)/t15-,16-,17?,18?,19?,20?,21?/m1/s1. The van der Waals surface area contributed by atoms with E-state index in [1.165, 1.54) is 21.8 Å². The number of H-pyrrole nitrogens is 1. The Hall–Kier alpha value is -2.84. The maximum Gasteiger partial charge on any atom is 0.305 e. The first-order chi connectivity index (χ1) is 16.6. The van der Waals surface area contributed by atoms with Gasteiger partial charge in [0.2, 0.25) is 11.8 Å². The van der Waals surface area contributed by atoms with Crippen molar-refractivity contribution in [3.63, 3.8) is 0 Å². The van der Waals surface area contributed by atoms with Crippen molar-refractivity contribution in [3.05, 3.63) is 74.7 Å². The van der Waals surface area contributed by atoms with Gasteiger partial charge >= 0.3 is 4.87 Å². The van der Waals surface area contributed by atoms with Gasteiger partial charge in [-0.1, -0.05) is 41.7 Å². The Morgan fingerprint density at radius 1 is 0.941 bits per heavy atom. The summed E-state index contributed by atoms with van der Waals surface area (Å²) in [7, 11) is 1.60. The van der Waals surface area contributed by atoms with E-state index >= 15 is 0 Å². The molecule has 3 fully saturated rings. The molecule has 2 aliphatic carbocycles. The van der Waals surface area contributed by atoms with Crippen molar-refractivity contribution in [2.75, 3.05) is 12.0 Å². The van der Waals surface area contributed by atoms with E-state index in [1.54, 1.807) is 43.1 Å². The van der Waals surface area contributed by atoms with Crippen molar-refractivity contribution < 1.29 is 14.3 Å². The number of amides is 2. The number of nitrogens with zero attached hydrogens (tertiary/aromatic N) is 1. The number of anilines is 1. The van der Waals surface area contributed by atoms with Crippen LogP contribution in [0.4, 0.5) is 5.69 Å². The van der Waals surface area contributed by atoms with Crippen LogP contribution in [-0.2, 0) is 9.59 Å². The number of fused-ring (bicyclic) bond motifs is 9. The molecule has 1 saturated heterocycles. The Morgan fingerprint density at radius 3 is 2.35 bits per heavy atom. The van der Waals surface area contributed by atoms with Crippen LogP contribution in [0.1, 0.15) is 22.8 Å². The lowest BCUT2D eigenvalue weighted by Gasteiger charge is -2.43. The zero-order valence-electron chi connectivity index (χ0n) is 18.3. The first-order valence-corrected chi connectivity index (χ1v) is 13.2. The Bertz CT molecular complexity index is 1370. The van der Waals surface area contributed by atoms with Crippen molar-refractivity contribution in [2.45, 2.75) is 22.6 Å². The number of carbonyl (C=O) groups excluding carboxylic acids is 2. The van der Waals surface area contributed by atoms with E-state index in [0.717, 1.165) is 16.3 Å². The molecule has 2 aromatic carbocycles. The van der Waals surface area contributed by atoms with Crippen molar-refractivity contribution in [3.8, 4) is 5.75 Å². The summed E-state index contributed by atoms with van der Waals surface area (Å²) in [6, 6.07) is 17.5.